The highest BCUT2D eigenvalue weighted by molar-refractivity contribution is 6.36. The van der Waals surface area contributed by atoms with Crippen molar-refractivity contribution >= 4 is 34.2 Å². The molecule has 5 nitrogen and oxygen atoms in total. The van der Waals surface area contributed by atoms with Crippen molar-refractivity contribution in [2.45, 2.75) is 6.92 Å². The number of aryl methyl sites for hydroxylation is 1. The molecular weight excluding hydrogens is 318 g/mol. The summed E-state index contributed by atoms with van der Waals surface area (Å²) >= 11 is 0. The minimum atomic E-state index is -1.34. The number of carbonyl (C=O) groups is 3. The maximum Gasteiger partial charge on any atom is 0.265 e. The van der Waals surface area contributed by atoms with Crippen molar-refractivity contribution in [3.05, 3.63) is 76.9 Å². The van der Waals surface area contributed by atoms with Gasteiger partial charge in [-0.15, -0.1) is 0 Å². The van der Waals surface area contributed by atoms with Crippen LogP contribution in [-0.4, -0.2) is 17.8 Å². The van der Waals surface area contributed by atoms with Crippen LogP contribution in [0.5, 0.6) is 0 Å². The van der Waals surface area contributed by atoms with Crippen LogP contribution in [0.4, 0.5) is 5.69 Å². The molecule has 0 bridgehead atoms. The van der Waals surface area contributed by atoms with Crippen molar-refractivity contribution in [3.8, 4) is 0 Å². The van der Waals surface area contributed by atoms with E-state index >= 15 is 0 Å². The summed E-state index contributed by atoms with van der Waals surface area (Å²) in [5.41, 5.74) is 1.89. The standard InChI is InChI=1S/C20H13NO4/c1-11-5-2-3-8-16(11)21-18(22)14-7-4-6-12-13(20(24)25)9-10-15(17(12)14)19(21)23/h2-10H,1H3,(H,24,25)/p-1. The summed E-state index contributed by atoms with van der Waals surface area (Å²) in [4.78, 5) is 38.5. The van der Waals surface area contributed by atoms with Gasteiger partial charge in [0, 0.05) is 22.1 Å². The zero-order valence-electron chi connectivity index (χ0n) is 13.3. The summed E-state index contributed by atoms with van der Waals surface area (Å²) in [5, 5.41) is 12.0. The van der Waals surface area contributed by atoms with E-state index in [0.717, 1.165) is 10.5 Å². The maximum absolute atomic E-state index is 13.0. The van der Waals surface area contributed by atoms with Gasteiger partial charge in [-0.25, -0.2) is 4.90 Å². The Morgan fingerprint density at radius 1 is 0.880 bits per heavy atom. The third-order valence-corrected chi connectivity index (χ3v) is 4.48. The van der Waals surface area contributed by atoms with E-state index in [9.17, 15) is 19.5 Å². The average molecular weight is 330 g/mol. The Bertz CT molecular complexity index is 1060. The number of nitrogens with zero attached hydrogens (tertiary/aromatic N) is 1. The molecule has 1 aliphatic rings. The van der Waals surface area contributed by atoms with E-state index < -0.39 is 17.8 Å². The second kappa shape index (κ2) is 5.27. The quantitative estimate of drug-likeness (QED) is 0.676. The van der Waals surface area contributed by atoms with Gasteiger partial charge in [-0.05, 0) is 36.1 Å². The number of benzene rings is 3. The first-order chi connectivity index (χ1) is 12.0. The predicted octanol–water partition coefficient (Wildman–Crippen LogP) is 2.31. The van der Waals surface area contributed by atoms with E-state index in [0.29, 0.717) is 27.6 Å². The Balaban J connectivity index is 2.03. The Kier molecular flexibility index (Phi) is 3.18. The molecule has 0 saturated carbocycles. The molecule has 0 fully saturated rings. The first-order valence-corrected chi connectivity index (χ1v) is 7.72. The summed E-state index contributed by atoms with van der Waals surface area (Å²) in [6.07, 6.45) is 0. The van der Waals surface area contributed by atoms with Gasteiger partial charge in [0.15, 0.2) is 0 Å². The Labute approximate surface area is 143 Å². The van der Waals surface area contributed by atoms with Gasteiger partial charge in [0.2, 0.25) is 0 Å². The Morgan fingerprint density at radius 2 is 1.56 bits per heavy atom. The molecule has 0 atom stereocenters. The summed E-state index contributed by atoms with van der Waals surface area (Å²) in [7, 11) is 0. The fourth-order valence-electron chi connectivity index (χ4n) is 3.31. The minimum absolute atomic E-state index is 0.0365. The molecular formula is C20H12NO4-. The number of rotatable bonds is 2. The van der Waals surface area contributed by atoms with Gasteiger partial charge < -0.3 is 9.90 Å². The van der Waals surface area contributed by atoms with Crippen molar-refractivity contribution in [1.29, 1.82) is 0 Å². The highest BCUT2D eigenvalue weighted by Crippen LogP contribution is 2.35. The summed E-state index contributed by atoms with van der Waals surface area (Å²) < 4.78 is 0. The lowest BCUT2D eigenvalue weighted by Crippen LogP contribution is -2.41. The zero-order chi connectivity index (χ0) is 17.7. The number of anilines is 1. The number of aromatic carboxylic acids is 1. The van der Waals surface area contributed by atoms with Crippen LogP contribution in [0.3, 0.4) is 0 Å². The molecule has 4 rings (SSSR count). The molecule has 0 N–H and O–H groups in total. The topological polar surface area (TPSA) is 77.5 Å². The number of imide groups is 1. The third kappa shape index (κ3) is 2.06. The van der Waals surface area contributed by atoms with Crippen LogP contribution in [0.2, 0.25) is 0 Å². The molecule has 122 valence electrons. The van der Waals surface area contributed by atoms with Gasteiger partial charge in [-0.1, -0.05) is 36.4 Å². The Morgan fingerprint density at radius 3 is 2.24 bits per heavy atom. The molecule has 3 aromatic carbocycles. The summed E-state index contributed by atoms with van der Waals surface area (Å²) in [6, 6.07) is 14.7. The van der Waals surface area contributed by atoms with E-state index in [-0.39, 0.29) is 5.56 Å². The van der Waals surface area contributed by atoms with E-state index in [1.165, 1.54) is 12.1 Å². The van der Waals surface area contributed by atoms with Gasteiger partial charge in [0.05, 0.1) is 11.7 Å². The van der Waals surface area contributed by atoms with Crippen LogP contribution in [0.25, 0.3) is 10.8 Å². The Hall–Kier alpha value is -3.47. The monoisotopic (exact) mass is 330 g/mol. The molecule has 0 spiro atoms. The molecule has 5 heteroatoms. The fourth-order valence-corrected chi connectivity index (χ4v) is 3.31. The van der Waals surface area contributed by atoms with Gasteiger partial charge in [-0.2, -0.15) is 0 Å². The van der Waals surface area contributed by atoms with Crippen molar-refractivity contribution in [3.63, 3.8) is 0 Å². The van der Waals surface area contributed by atoms with Crippen molar-refractivity contribution in [2.24, 2.45) is 0 Å². The van der Waals surface area contributed by atoms with Crippen molar-refractivity contribution < 1.29 is 19.5 Å². The second-order valence-electron chi connectivity index (χ2n) is 5.91. The number of amides is 2. The second-order valence-corrected chi connectivity index (χ2v) is 5.91. The highest BCUT2D eigenvalue weighted by atomic mass is 16.4. The lowest BCUT2D eigenvalue weighted by molar-refractivity contribution is -0.254. The lowest BCUT2D eigenvalue weighted by atomic mass is 9.91. The number of para-hydroxylation sites is 1. The van der Waals surface area contributed by atoms with Gasteiger partial charge in [0.25, 0.3) is 11.8 Å². The number of hydrogen-bond acceptors (Lipinski definition) is 4. The van der Waals surface area contributed by atoms with E-state index in [4.69, 9.17) is 0 Å². The molecule has 0 unspecified atom stereocenters. The number of carbonyl (C=O) groups excluding carboxylic acids is 3. The third-order valence-electron chi connectivity index (χ3n) is 4.48. The van der Waals surface area contributed by atoms with Crippen molar-refractivity contribution in [2.75, 3.05) is 4.90 Å². The van der Waals surface area contributed by atoms with Crippen LogP contribution in [-0.2, 0) is 0 Å². The van der Waals surface area contributed by atoms with Gasteiger partial charge >= 0.3 is 0 Å². The lowest BCUT2D eigenvalue weighted by Gasteiger charge is -2.28. The van der Waals surface area contributed by atoms with Crippen LogP contribution in [0.15, 0.2) is 54.6 Å². The summed E-state index contributed by atoms with van der Waals surface area (Å²) in [6.45, 7) is 1.82. The first-order valence-electron chi connectivity index (χ1n) is 7.72. The smallest absolute Gasteiger partial charge is 0.265 e. The molecule has 2 amide bonds. The van der Waals surface area contributed by atoms with Crippen LogP contribution >= 0.6 is 0 Å². The van der Waals surface area contributed by atoms with Gasteiger partial charge in [0.1, 0.15) is 0 Å². The molecule has 1 aliphatic heterocycles. The van der Waals surface area contributed by atoms with Crippen LogP contribution in [0, 0.1) is 6.92 Å². The largest absolute Gasteiger partial charge is 0.545 e. The highest BCUT2D eigenvalue weighted by Gasteiger charge is 2.34. The number of carboxylic acid groups (broad SMARTS) is 1. The zero-order valence-corrected chi connectivity index (χ0v) is 13.3. The number of carboxylic acids is 1. The van der Waals surface area contributed by atoms with Crippen molar-refractivity contribution in [1.82, 2.24) is 0 Å². The molecule has 0 radical (unpaired) electrons. The molecule has 0 saturated heterocycles. The van der Waals surface area contributed by atoms with E-state index in [2.05, 4.69) is 0 Å². The minimum Gasteiger partial charge on any atom is -0.545 e. The molecule has 1 heterocycles. The summed E-state index contributed by atoms with van der Waals surface area (Å²) in [5.74, 6) is -2.27. The fraction of sp³-hybridized carbons (Fsp3) is 0.0500. The van der Waals surface area contributed by atoms with Crippen LogP contribution < -0.4 is 10.0 Å². The molecule has 0 aromatic heterocycles. The van der Waals surface area contributed by atoms with E-state index in [1.807, 2.05) is 19.1 Å². The maximum atomic E-state index is 13.0. The first kappa shape index (κ1) is 15.1. The van der Waals surface area contributed by atoms with Crippen LogP contribution in [0.1, 0.15) is 36.6 Å². The SMILES string of the molecule is Cc1ccccc1N1C(=O)c2cccc3c(C(=O)[O-])ccc(c23)C1=O. The average Bonchev–Trinajstić information content (AvgIpc) is 2.60. The molecule has 0 aliphatic carbocycles. The van der Waals surface area contributed by atoms with Gasteiger partial charge in [-0.3, -0.25) is 9.59 Å². The molecule has 3 aromatic rings. The number of hydrogen-bond donors (Lipinski definition) is 0. The van der Waals surface area contributed by atoms with E-state index in [1.54, 1.807) is 30.3 Å². The normalized spacial score (nSPS) is 13.4. The predicted molar refractivity (Wildman–Crippen MR) is 90.6 cm³/mol. The molecule has 25 heavy (non-hydrogen) atoms.